The highest BCUT2D eigenvalue weighted by atomic mass is 16.5. The SMILES string of the molecule is Cc1c(C([O-])=C2C(=O)C(=O)N(CC[NH+]3CCOCC3)C2c2ccco2)cnn1-c1ccccc1. The molecule has 3 aromatic rings. The predicted molar refractivity (Wildman–Crippen MR) is 120 cm³/mol. The zero-order chi connectivity index (χ0) is 23.7. The number of morpholine rings is 1. The van der Waals surface area contributed by atoms with Crippen molar-refractivity contribution in [2.24, 2.45) is 0 Å². The number of benzene rings is 1. The van der Waals surface area contributed by atoms with Crippen molar-refractivity contribution >= 4 is 17.4 Å². The van der Waals surface area contributed by atoms with Crippen LogP contribution in [-0.2, 0) is 14.3 Å². The Hall–Kier alpha value is -3.69. The second-order valence-electron chi connectivity index (χ2n) is 8.49. The molecule has 2 aromatic heterocycles. The number of para-hydroxylation sites is 1. The van der Waals surface area contributed by atoms with Crippen LogP contribution in [0.2, 0.25) is 0 Å². The van der Waals surface area contributed by atoms with Crippen molar-refractivity contribution in [3.63, 3.8) is 0 Å². The molecule has 9 nitrogen and oxygen atoms in total. The minimum Gasteiger partial charge on any atom is -0.872 e. The number of hydrogen-bond donors (Lipinski definition) is 1. The van der Waals surface area contributed by atoms with Crippen LogP contribution in [0, 0.1) is 6.92 Å². The van der Waals surface area contributed by atoms with Gasteiger partial charge in [-0.25, -0.2) is 4.68 Å². The second-order valence-corrected chi connectivity index (χ2v) is 8.49. The molecule has 2 aliphatic heterocycles. The largest absolute Gasteiger partial charge is 0.872 e. The summed E-state index contributed by atoms with van der Waals surface area (Å²) in [5.41, 5.74) is 1.60. The molecule has 0 spiro atoms. The third-order valence-corrected chi connectivity index (χ3v) is 6.50. The summed E-state index contributed by atoms with van der Waals surface area (Å²) in [4.78, 5) is 28.9. The highest BCUT2D eigenvalue weighted by molar-refractivity contribution is 6.46. The first kappa shape index (κ1) is 22.1. The van der Waals surface area contributed by atoms with Crippen molar-refractivity contribution in [1.29, 1.82) is 0 Å². The van der Waals surface area contributed by atoms with Crippen LogP contribution >= 0.6 is 0 Å². The van der Waals surface area contributed by atoms with Crippen molar-refractivity contribution in [1.82, 2.24) is 14.7 Å². The van der Waals surface area contributed by atoms with Gasteiger partial charge < -0.3 is 24.1 Å². The number of ketones is 1. The number of amides is 1. The van der Waals surface area contributed by atoms with Gasteiger partial charge in [-0.3, -0.25) is 9.59 Å². The maximum Gasteiger partial charge on any atom is 0.295 e. The molecule has 9 heteroatoms. The summed E-state index contributed by atoms with van der Waals surface area (Å²) in [5.74, 6) is -1.56. The van der Waals surface area contributed by atoms with Crippen LogP contribution in [0.4, 0.5) is 0 Å². The van der Waals surface area contributed by atoms with Crippen LogP contribution in [0.1, 0.15) is 23.1 Å². The average molecular weight is 463 g/mol. The first-order valence-corrected chi connectivity index (χ1v) is 11.4. The Morgan fingerprint density at radius 2 is 1.91 bits per heavy atom. The van der Waals surface area contributed by atoms with Crippen LogP contribution in [0.15, 0.2) is 64.9 Å². The lowest BCUT2D eigenvalue weighted by Gasteiger charge is -2.28. The van der Waals surface area contributed by atoms with Crippen LogP contribution < -0.4 is 10.0 Å². The van der Waals surface area contributed by atoms with Gasteiger partial charge >= 0.3 is 0 Å². The molecule has 1 unspecified atom stereocenters. The second kappa shape index (κ2) is 9.28. The summed E-state index contributed by atoms with van der Waals surface area (Å²) in [6.45, 7) is 5.80. The van der Waals surface area contributed by atoms with E-state index in [1.54, 1.807) is 23.7 Å². The van der Waals surface area contributed by atoms with E-state index in [-0.39, 0.29) is 11.1 Å². The molecule has 34 heavy (non-hydrogen) atoms. The zero-order valence-electron chi connectivity index (χ0n) is 18.9. The summed E-state index contributed by atoms with van der Waals surface area (Å²) < 4.78 is 12.6. The highest BCUT2D eigenvalue weighted by Crippen LogP contribution is 2.39. The third-order valence-electron chi connectivity index (χ3n) is 6.50. The minimum absolute atomic E-state index is 0.0901. The monoisotopic (exact) mass is 462 g/mol. The van der Waals surface area contributed by atoms with Crippen LogP contribution in [0.3, 0.4) is 0 Å². The quantitative estimate of drug-likeness (QED) is 0.312. The Balaban J connectivity index is 1.52. The molecule has 0 saturated carbocycles. The van der Waals surface area contributed by atoms with Crippen molar-refractivity contribution in [3.05, 3.63) is 77.5 Å². The maximum atomic E-state index is 13.7. The zero-order valence-corrected chi connectivity index (χ0v) is 18.9. The molecule has 2 saturated heterocycles. The number of nitrogens with zero attached hydrogens (tertiary/aromatic N) is 3. The number of carbonyl (C=O) groups excluding carboxylic acids is 2. The lowest BCUT2D eigenvalue weighted by molar-refractivity contribution is -0.907. The molecule has 0 bridgehead atoms. The van der Waals surface area contributed by atoms with E-state index in [1.807, 2.05) is 30.3 Å². The number of rotatable bonds is 6. The topological polar surface area (TPSA) is 105 Å². The molecule has 5 rings (SSSR count). The van der Waals surface area contributed by atoms with Gasteiger partial charge in [-0.1, -0.05) is 24.0 Å². The molecule has 0 radical (unpaired) electrons. The first-order chi connectivity index (χ1) is 16.6. The van der Waals surface area contributed by atoms with Crippen molar-refractivity contribution in [2.75, 3.05) is 39.4 Å². The van der Waals surface area contributed by atoms with Crippen LogP contribution in [0.25, 0.3) is 11.4 Å². The van der Waals surface area contributed by atoms with Crippen molar-refractivity contribution in [2.45, 2.75) is 13.0 Å². The number of quaternary nitrogens is 1. The van der Waals surface area contributed by atoms with E-state index in [4.69, 9.17) is 9.15 Å². The van der Waals surface area contributed by atoms with Gasteiger partial charge in [-0.05, 0) is 31.2 Å². The van der Waals surface area contributed by atoms with Gasteiger partial charge in [0.05, 0.1) is 44.5 Å². The van der Waals surface area contributed by atoms with Gasteiger partial charge in [0.15, 0.2) is 0 Å². The molecule has 1 atom stereocenters. The molecule has 1 N–H and O–H groups in total. The number of furan rings is 1. The standard InChI is InChI=1S/C25H26N4O5/c1-17-19(16-26-29(17)18-6-3-2-4-7-18)23(30)21-22(20-8-5-13-34-20)28(25(32)24(21)31)10-9-27-11-14-33-15-12-27/h2-8,13,16,22,30H,9-12,14-15H2,1H3. The Morgan fingerprint density at radius 1 is 1.15 bits per heavy atom. The molecule has 1 aromatic carbocycles. The predicted octanol–water partition coefficient (Wildman–Crippen LogP) is -0.0872. The average Bonchev–Trinajstić information content (AvgIpc) is 3.58. The molecule has 2 fully saturated rings. The fourth-order valence-electron chi connectivity index (χ4n) is 4.64. The molecule has 176 valence electrons. The summed E-state index contributed by atoms with van der Waals surface area (Å²) in [5, 5.41) is 18.0. The lowest BCUT2D eigenvalue weighted by atomic mass is 9.99. The fraction of sp³-hybridized carbons (Fsp3) is 0.320. The smallest absolute Gasteiger partial charge is 0.295 e. The molecule has 2 aliphatic rings. The van der Waals surface area contributed by atoms with Gasteiger partial charge in [-0.15, -0.1) is 0 Å². The third kappa shape index (κ3) is 3.93. The Morgan fingerprint density at radius 3 is 2.62 bits per heavy atom. The first-order valence-electron chi connectivity index (χ1n) is 11.4. The van der Waals surface area contributed by atoms with Crippen molar-refractivity contribution in [3.8, 4) is 5.69 Å². The maximum absolute atomic E-state index is 13.7. The number of carbonyl (C=O) groups is 2. The van der Waals surface area contributed by atoms with E-state index >= 15 is 0 Å². The number of aromatic nitrogens is 2. The van der Waals surface area contributed by atoms with Crippen molar-refractivity contribution < 1.29 is 28.7 Å². The summed E-state index contributed by atoms with van der Waals surface area (Å²) >= 11 is 0. The molecular weight excluding hydrogens is 436 g/mol. The number of ether oxygens (including phenoxy) is 1. The Labute approximate surface area is 196 Å². The van der Waals surface area contributed by atoms with E-state index in [0.717, 1.165) is 18.8 Å². The van der Waals surface area contributed by atoms with E-state index < -0.39 is 23.5 Å². The molecule has 1 amide bonds. The molecule has 4 heterocycles. The van der Waals surface area contributed by atoms with E-state index in [0.29, 0.717) is 37.8 Å². The van der Waals surface area contributed by atoms with E-state index in [2.05, 4.69) is 5.10 Å². The summed E-state index contributed by atoms with van der Waals surface area (Å²) in [6, 6.07) is 11.9. The van der Waals surface area contributed by atoms with Gasteiger partial charge in [0.25, 0.3) is 5.91 Å². The van der Waals surface area contributed by atoms with Gasteiger partial charge in [0, 0.05) is 16.8 Å². The summed E-state index contributed by atoms with van der Waals surface area (Å²) in [6.07, 6.45) is 2.93. The fourth-order valence-corrected chi connectivity index (χ4v) is 4.64. The Bertz CT molecular complexity index is 1210. The number of likely N-dealkylation sites (tertiary alicyclic amines) is 1. The Kier molecular flexibility index (Phi) is 6.04. The van der Waals surface area contributed by atoms with Crippen LogP contribution in [-0.4, -0.2) is 65.8 Å². The van der Waals surface area contributed by atoms with E-state index in [9.17, 15) is 14.7 Å². The highest BCUT2D eigenvalue weighted by Gasteiger charge is 2.46. The summed E-state index contributed by atoms with van der Waals surface area (Å²) in [7, 11) is 0. The van der Waals surface area contributed by atoms with Gasteiger partial charge in [0.2, 0.25) is 5.78 Å². The van der Waals surface area contributed by atoms with Crippen LogP contribution in [0.5, 0.6) is 0 Å². The number of hydrogen-bond acceptors (Lipinski definition) is 6. The number of nitrogens with one attached hydrogen (secondary N) is 1. The normalized spacial score (nSPS) is 20.9. The van der Waals surface area contributed by atoms with Gasteiger partial charge in [0.1, 0.15) is 24.9 Å². The molecule has 0 aliphatic carbocycles. The number of Topliss-reactive ketones (excluding diaryl/α,β-unsaturated/α-hetero) is 1. The lowest BCUT2D eigenvalue weighted by Crippen LogP contribution is -3.14. The van der Waals surface area contributed by atoms with E-state index in [1.165, 1.54) is 22.3 Å². The van der Waals surface area contributed by atoms with Gasteiger partial charge in [-0.2, -0.15) is 5.10 Å². The molecular formula is C25H26N4O5. The minimum atomic E-state index is -0.859.